The van der Waals surface area contributed by atoms with Gasteiger partial charge in [0.25, 0.3) is 0 Å². The Morgan fingerprint density at radius 1 is 1.31 bits per heavy atom. The lowest BCUT2D eigenvalue weighted by Gasteiger charge is -2.13. The van der Waals surface area contributed by atoms with E-state index >= 15 is 0 Å². The quantitative estimate of drug-likeness (QED) is 0.539. The SMILES string of the molecule is O=C(O)c1cccc(CNC(CO)CO)c1. The Kier molecular flexibility index (Phi) is 4.91. The summed E-state index contributed by atoms with van der Waals surface area (Å²) >= 11 is 0. The van der Waals surface area contributed by atoms with Gasteiger partial charge in [0.05, 0.1) is 24.8 Å². The van der Waals surface area contributed by atoms with Crippen LogP contribution in [0.3, 0.4) is 0 Å². The van der Waals surface area contributed by atoms with Gasteiger partial charge in [0.2, 0.25) is 0 Å². The molecule has 0 bridgehead atoms. The van der Waals surface area contributed by atoms with Crippen LogP contribution >= 0.6 is 0 Å². The Morgan fingerprint density at radius 2 is 2.00 bits per heavy atom. The van der Waals surface area contributed by atoms with Crippen LogP contribution in [0, 0.1) is 0 Å². The summed E-state index contributed by atoms with van der Waals surface area (Å²) < 4.78 is 0. The molecule has 0 aliphatic rings. The zero-order valence-electron chi connectivity index (χ0n) is 8.76. The molecule has 0 aliphatic heterocycles. The Balaban J connectivity index is 2.60. The van der Waals surface area contributed by atoms with Crippen molar-refractivity contribution >= 4 is 5.97 Å². The van der Waals surface area contributed by atoms with Crippen LogP contribution in [0.15, 0.2) is 24.3 Å². The third-order valence-electron chi connectivity index (χ3n) is 2.21. The van der Waals surface area contributed by atoms with E-state index in [2.05, 4.69) is 5.32 Å². The lowest BCUT2D eigenvalue weighted by atomic mass is 10.1. The van der Waals surface area contributed by atoms with Gasteiger partial charge < -0.3 is 20.6 Å². The highest BCUT2D eigenvalue weighted by atomic mass is 16.4. The fourth-order valence-corrected chi connectivity index (χ4v) is 1.26. The van der Waals surface area contributed by atoms with E-state index in [1.807, 2.05) is 0 Å². The maximum atomic E-state index is 10.7. The van der Waals surface area contributed by atoms with E-state index < -0.39 is 5.97 Å². The fraction of sp³-hybridized carbons (Fsp3) is 0.364. The standard InChI is InChI=1S/C11H15NO4/c13-6-10(7-14)12-5-8-2-1-3-9(4-8)11(15)16/h1-4,10,12-14H,5-7H2,(H,15,16). The molecule has 5 nitrogen and oxygen atoms in total. The van der Waals surface area contributed by atoms with Crippen LogP contribution < -0.4 is 5.32 Å². The number of carbonyl (C=O) groups is 1. The first-order chi connectivity index (χ1) is 7.67. The zero-order chi connectivity index (χ0) is 12.0. The van der Waals surface area contributed by atoms with Crippen LogP contribution in [0.2, 0.25) is 0 Å². The van der Waals surface area contributed by atoms with E-state index in [9.17, 15) is 4.79 Å². The van der Waals surface area contributed by atoms with Gasteiger partial charge in [-0.05, 0) is 17.7 Å². The Morgan fingerprint density at radius 3 is 2.56 bits per heavy atom. The van der Waals surface area contributed by atoms with Gasteiger partial charge in [-0.25, -0.2) is 4.79 Å². The summed E-state index contributed by atoms with van der Waals surface area (Å²) in [6.45, 7) is 0.0944. The molecule has 5 heteroatoms. The topological polar surface area (TPSA) is 89.8 Å². The van der Waals surface area contributed by atoms with Crippen LogP contribution in [-0.2, 0) is 6.54 Å². The van der Waals surface area contributed by atoms with Gasteiger partial charge in [0, 0.05) is 6.54 Å². The fourth-order valence-electron chi connectivity index (χ4n) is 1.26. The summed E-state index contributed by atoms with van der Waals surface area (Å²) in [6, 6.07) is 6.13. The van der Waals surface area contributed by atoms with E-state index in [1.165, 1.54) is 6.07 Å². The molecule has 0 aromatic heterocycles. The summed E-state index contributed by atoms with van der Waals surface area (Å²) in [7, 11) is 0. The molecule has 0 heterocycles. The smallest absolute Gasteiger partial charge is 0.335 e. The second kappa shape index (κ2) is 6.22. The zero-order valence-corrected chi connectivity index (χ0v) is 8.76. The number of benzene rings is 1. The van der Waals surface area contributed by atoms with Gasteiger partial charge in [-0.2, -0.15) is 0 Å². The van der Waals surface area contributed by atoms with Gasteiger partial charge in [0.1, 0.15) is 0 Å². The second-order valence-electron chi connectivity index (χ2n) is 3.45. The summed E-state index contributed by atoms with van der Waals surface area (Å²) in [5.41, 5.74) is 1.02. The molecule has 0 amide bonds. The molecule has 0 spiro atoms. The predicted molar refractivity (Wildman–Crippen MR) is 58.2 cm³/mol. The average molecular weight is 225 g/mol. The van der Waals surface area contributed by atoms with Crippen molar-refractivity contribution in [3.8, 4) is 0 Å². The van der Waals surface area contributed by atoms with Crippen molar-refractivity contribution in [3.05, 3.63) is 35.4 Å². The minimum atomic E-state index is -0.970. The molecule has 1 rings (SSSR count). The lowest BCUT2D eigenvalue weighted by Crippen LogP contribution is -2.35. The van der Waals surface area contributed by atoms with Crippen LogP contribution in [0.1, 0.15) is 15.9 Å². The number of nitrogens with one attached hydrogen (secondary N) is 1. The van der Waals surface area contributed by atoms with Crippen molar-refractivity contribution in [2.24, 2.45) is 0 Å². The van der Waals surface area contributed by atoms with Gasteiger partial charge in [-0.1, -0.05) is 12.1 Å². The molecule has 88 valence electrons. The lowest BCUT2D eigenvalue weighted by molar-refractivity contribution is 0.0696. The van der Waals surface area contributed by atoms with E-state index in [4.69, 9.17) is 15.3 Å². The summed E-state index contributed by atoms with van der Waals surface area (Å²) in [5.74, 6) is -0.970. The molecule has 0 saturated carbocycles. The minimum absolute atomic E-state index is 0.158. The molecule has 0 radical (unpaired) electrons. The number of carboxylic acid groups (broad SMARTS) is 1. The van der Waals surface area contributed by atoms with Crippen molar-refractivity contribution in [2.45, 2.75) is 12.6 Å². The highest BCUT2D eigenvalue weighted by Gasteiger charge is 2.06. The number of carboxylic acids is 1. The molecule has 0 aliphatic carbocycles. The molecule has 0 atom stereocenters. The van der Waals surface area contributed by atoms with Crippen molar-refractivity contribution in [1.82, 2.24) is 5.32 Å². The van der Waals surface area contributed by atoms with Gasteiger partial charge in [-0.15, -0.1) is 0 Å². The molecule has 16 heavy (non-hydrogen) atoms. The van der Waals surface area contributed by atoms with Crippen LogP contribution in [-0.4, -0.2) is 40.5 Å². The Bertz CT molecular complexity index is 350. The average Bonchev–Trinajstić information content (AvgIpc) is 2.31. The first-order valence-corrected chi connectivity index (χ1v) is 4.94. The summed E-state index contributed by atoms with van der Waals surface area (Å²) in [6.07, 6.45) is 0. The number of aliphatic hydroxyl groups excluding tert-OH is 2. The van der Waals surface area contributed by atoms with E-state index in [0.29, 0.717) is 6.54 Å². The summed E-state index contributed by atoms with van der Waals surface area (Å²) in [5, 5.41) is 29.3. The summed E-state index contributed by atoms with van der Waals surface area (Å²) in [4.78, 5) is 10.7. The highest BCUT2D eigenvalue weighted by molar-refractivity contribution is 5.87. The van der Waals surface area contributed by atoms with Crippen molar-refractivity contribution in [2.75, 3.05) is 13.2 Å². The number of hydrogen-bond acceptors (Lipinski definition) is 4. The third-order valence-corrected chi connectivity index (χ3v) is 2.21. The van der Waals surface area contributed by atoms with Gasteiger partial charge >= 0.3 is 5.97 Å². The number of hydrogen-bond donors (Lipinski definition) is 4. The second-order valence-corrected chi connectivity index (χ2v) is 3.45. The molecule has 0 saturated heterocycles. The Labute approximate surface area is 93.4 Å². The number of aliphatic hydroxyl groups is 2. The maximum absolute atomic E-state index is 10.7. The molecular weight excluding hydrogens is 210 g/mol. The predicted octanol–water partition coefficient (Wildman–Crippen LogP) is -0.172. The van der Waals surface area contributed by atoms with Gasteiger partial charge in [-0.3, -0.25) is 0 Å². The highest BCUT2D eigenvalue weighted by Crippen LogP contribution is 2.05. The largest absolute Gasteiger partial charge is 0.478 e. The monoisotopic (exact) mass is 225 g/mol. The van der Waals surface area contributed by atoms with Crippen LogP contribution in [0.25, 0.3) is 0 Å². The third kappa shape index (κ3) is 3.62. The van der Waals surface area contributed by atoms with E-state index in [0.717, 1.165) is 5.56 Å². The maximum Gasteiger partial charge on any atom is 0.335 e. The van der Waals surface area contributed by atoms with Crippen LogP contribution in [0.5, 0.6) is 0 Å². The molecule has 4 N–H and O–H groups in total. The first-order valence-electron chi connectivity index (χ1n) is 4.94. The first kappa shape index (κ1) is 12.6. The normalized spacial score (nSPS) is 10.7. The minimum Gasteiger partial charge on any atom is -0.478 e. The molecule has 0 unspecified atom stereocenters. The van der Waals surface area contributed by atoms with Crippen molar-refractivity contribution in [1.29, 1.82) is 0 Å². The Hall–Kier alpha value is -1.43. The molecular formula is C11H15NO4. The number of rotatable bonds is 6. The van der Waals surface area contributed by atoms with Gasteiger partial charge in [0.15, 0.2) is 0 Å². The van der Waals surface area contributed by atoms with E-state index in [-0.39, 0.29) is 24.8 Å². The van der Waals surface area contributed by atoms with Crippen molar-refractivity contribution in [3.63, 3.8) is 0 Å². The van der Waals surface area contributed by atoms with Crippen molar-refractivity contribution < 1.29 is 20.1 Å². The number of aromatic carboxylic acids is 1. The van der Waals surface area contributed by atoms with E-state index in [1.54, 1.807) is 18.2 Å². The molecule has 0 fully saturated rings. The van der Waals surface area contributed by atoms with Crippen LogP contribution in [0.4, 0.5) is 0 Å². The molecule has 1 aromatic rings. The molecule has 1 aromatic carbocycles.